The monoisotopic (exact) mass is 336 g/mol. The summed E-state index contributed by atoms with van der Waals surface area (Å²) < 4.78 is 16.3. The minimum absolute atomic E-state index is 0.131. The largest absolute Gasteiger partial charge is 0.465 e. The molecule has 1 N–H and O–H groups in total. The molecule has 1 aliphatic carbocycles. The normalized spacial score (nSPS) is 20.9. The standard InChI is InChI=1S/C16H21FN4O3/c1-16(2,3)21(15(23)24)11-6-10(7-11)20-13-12(19(4)14(20)22)5-9(17)8-18-13/h5,8,10-11H,6-7H2,1-4H3,(H,23,24)/t10-,11-. The van der Waals surface area contributed by atoms with Crippen molar-refractivity contribution in [3.8, 4) is 0 Å². The molecule has 0 bridgehead atoms. The smallest absolute Gasteiger partial charge is 0.407 e. The van der Waals surface area contributed by atoms with Gasteiger partial charge in [-0.25, -0.2) is 19.0 Å². The Morgan fingerprint density at radius 1 is 1.42 bits per heavy atom. The fourth-order valence-corrected chi connectivity index (χ4v) is 3.51. The van der Waals surface area contributed by atoms with Gasteiger partial charge < -0.3 is 10.0 Å². The zero-order chi connectivity index (χ0) is 17.8. The first kappa shape index (κ1) is 16.5. The van der Waals surface area contributed by atoms with E-state index in [2.05, 4.69) is 4.98 Å². The number of carbonyl (C=O) groups is 1. The zero-order valence-electron chi connectivity index (χ0n) is 14.2. The van der Waals surface area contributed by atoms with Crippen molar-refractivity contribution >= 4 is 17.3 Å². The van der Waals surface area contributed by atoms with Gasteiger partial charge in [-0.05, 0) is 33.6 Å². The second-order valence-electron chi connectivity index (χ2n) is 7.31. The SMILES string of the molecule is Cn1c(=O)n([C@H]2C[C@H](N(C(=O)O)C(C)(C)C)C2)c2ncc(F)cc21. The van der Waals surface area contributed by atoms with E-state index in [1.54, 1.807) is 11.6 Å². The van der Waals surface area contributed by atoms with E-state index in [9.17, 15) is 19.1 Å². The summed E-state index contributed by atoms with van der Waals surface area (Å²) in [4.78, 5) is 29.5. The van der Waals surface area contributed by atoms with E-state index in [1.807, 2.05) is 20.8 Å². The van der Waals surface area contributed by atoms with Crippen LogP contribution in [0.5, 0.6) is 0 Å². The molecule has 1 amide bonds. The number of amides is 1. The lowest BCUT2D eigenvalue weighted by atomic mass is 9.83. The lowest BCUT2D eigenvalue weighted by Crippen LogP contribution is -2.56. The predicted molar refractivity (Wildman–Crippen MR) is 86.6 cm³/mol. The average molecular weight is 336 g/mol. The van der Waals surface area contributed by atoms with Gasteiger partial charge in [-0.3, -0.25) is 9.13 Å². The molecule has 0 aromatic carbocycles. The van der Waals surface area contributed by atoms with Crippen LogP contribution in [0.25, 0.3) is 11.2 Å². The highest BCUT2D eigenvalue weighted by molar-refractivity contribution is 5.71. The second-order valence-corrected chi connectivity index (χ2v) is 7.31. The first-order chi connectivity index (χ1) is 11.1. The molecule has 0 aliphatic heterocycles. The molecule has 1 aliphatic rings. The first-order valence-corrected chi connectivity index (χ1v) is 7.86. The number of fused-ring (bicyclic) bond motifs is 1. The van der Waals surface area contributed by atoms with E-state index >= 15 is 0 Å². The average Bonchev–Trinajstić information content (AvgIpc) is 2.64. The van der Waals surface area contributed by atoms with Crippen LogP contribution in [0.2, 0.25) is 0 Å². The van der Waals surface area contributed by atoms with Gasteiger partial charge in [-0.1, -0.05) is 0 Å². The van der Waals surface area contributed by atoms with E-state index in [-0.39, 0.29) is 17.8 Å². The Bertz CT molecular complexity index is 859. The number of rotatable bonds is 2. The van der Waals surface area contributed by atoms with Crippen molar-refractivity contribution in [3.63, 3.8) is 0 Å². The van der Waals surface area contributed by atoms with Crippen LogP contribution < -0.4 is 5.69 Å². The Morgan fingerprint density at radius 3 is 2.58 bits per heavy atom. The van der Waals surface area contributed by atoms with Gasteiger partial charge in [0.2, 0.25) is 0 Å². The molecule has 2 heterocycles. The molecule has 0 saturated heterocycles. The Morgan fingerprint density at radius 2 is 2.04 bits per heavy atom. The zero-order valence-corrected chi connectivity index (χ0v) is 14.2. The topological polar surface area (TPSA) is 80.4 Å². The number of hydrogen-bond acceptors (Lipinski definition) is 3. The van der Waals surface area contributed by atoms with E-state index in [0.717, 1.165) is 6.20 Å². The van der Waals surface area contributed by atoms with Crippen LogP contribution in [0.1, 0.15) is 39.7 Å². The maximum absolute atomic E-state index is 13.4. The summed E-state index contributed by atoms with van der Waals surface area (Å²) in [6.07, 6.45) is 1.22. The van der Waals surface area contributed by atoms with Crippen molar-refractivity contribution in [1.82, 2.24) is 19.0 Å². The van der Waals surface area contributed by atoms with Crippen molar-refractivity contribution in [1.29, 1.82) is 0 Å². The molecule has 1 fully saturated rings. The van der Waals surface area contributed by atoms with Gasteiger partial charge in [0, 0.05) is 30.7 Å². The van der Waals surface area contributed by atoms with Crippen LogP contribution >= 0.6 is 0 Å². The van der Waals surface area contributed by atoms with Crippen LogP contribution in [0.4, 0.5) is 9.18 Å². The van der Waals surface area contributed by atoms with Crippen LogP contribution in [0.3, 0.4) is 0 Å². The molecule has 7 nitrogen and oxygen atoms in total. The Hall–Kier alpha value is -2.38. The third kappa shape index (κ3) is 2.46. The van der Waals surface area contributed by atoms with E-state index in [1.165, 1.54) is 15.5 Å². The molecule has 0 atom stereocenters. The van der Waals surface area contributed by atoms with Gasteiger partial charge in [0.15, 0.2) is 5.65 Å². The molecule has 0 spiro atoms. The van der Waals surface area contributed by atoms with Crippen LogP contribution in [-0.2, 0) is 7.05 Å². The fraction of sp³-hybridized carbons (Fsp3) is 0.562. The molecular formula is C16H21FN4O3. The maximum atomic E-state index is 13.4. The summed E-state index contributed by atoms with van der Waals surface area (Å²) in [6.45, 7) is 5.55. The molecule has 0 radical (unpaired) electrons. The van der Waals surface area contributed by atoms with Crippen molar-refractivity contribution in [2.75, 3.05) is 0 Å². The highest BCUT2D eigenvalue weighted by Crippen LogP contribution is 2.39. The maximum Gasteiger partial charge on any atom is 0.407 e. The summed E-state index contributed by atoms with van der Waals surface area (Å²) >= 11 is 0. The summed E-state index contributed by atoms with van der Waals surface area (Å²) in [5, 5.41) is 9.46. The Labute approximate surface area is 138 Å². The van der Waals surface area contributed by atoms with Crippen molar-refractivity contribution < 1.29 is 14.3 Å². The Balaban J connectivity index is 1.92. The third-order valence-electron chi connectivity index (χ3n) is 4.64. The summed E-state index contributed by atoms with van der Waals surface area (Å²) in [5.41, 5.74) is 0.107. The number of hydrogen-bond donors (Lipinski definition) is 1. The second kappa shape index (κ2) is 5.32. The van der Waals surface area contributed by atoms with Gasteiger partial charge in [0.05, 0.1) is 11.7 Å². The predicted octanol–water partition coefficient (Wildman–Crippen LogP) is 2.36. The molecule has 2 aromatic heterocycles. The summed E-state index contributed by atoms with van der Waals surface area (Å²) in [5.74, 6) is -0.494. The van der Waals surface area contributed by atoms with Crippen LogP contribution in [0.15, 0.2) is 17.1 Å². The van der Waals surface area contributed by atoms with E-state index in [0.29, 0.717) is 24.0 Å². The third-order valence-corrected chi connectivity index (χ3v) is 4.64. The van der Waals surface area contributed by atoms with E-state index in [4.69, 9.17) is 0 Å². The molecule has 130 valence electrons. The number of halogens is 1. The number of aryl methyl sites for hydroxylation is 1. The molecular weight excluding hydrogens is 315 g/mol. The number of pyridine rings is 1. The van der Waals surface area contributed by atoms with Crippen molar-refractivity contribution in [2.24, 2.45) is 7.05 Å². The summed E-state index contributed by atoms with van der Waals surface area (Å²) in [7, 11) is 1.58. The van der Waals surface area contributed by atoms with Crippen LogP contribution in [-0.4, -0.2) is 41.8 Å². The quantitative estimate of drug-likeness (QED) is 0.913. The highest BCUT2D eigenvalue weighted by atomic mass is 19.1. The number of nitrogens with zero attached hydrogens (tertiary/aromatic N) is 4. The van der Waals surface area contributed by atoms with Gasteiger partial charge >= 0.3 is 11.8 Å². The molecule has 2 aromatic rings. The summed E-state index contributed by atoms with van der Waals surface area (Å²) in [6, 6.07) is 1.01. The number of aromatic nitrogens is 3. The van der Waals surface area contributed by atoms with Crippen molar-refractivity contribution in [3.05, 3.63) is 28.6 Å². The van der Waals surface area contributed by atoms with Gasteiger partial charge in [0.25, 0.3) is 0 Å². The number of imidazole rings is 1. The van der Waals surface area contributed by atoms with Gasteiger partial charge in [-0.2, -0.15) is 0 Å². The number of carboxylic acid groups (broad SMARTS) is 1. The molecule has 0 unspecified atom stereocenters. The van der Waals surface area contributed by atoms with Crippen molar-refractivity contribution in [2.45, 2.75) is 51.2 Å². The molecule has 3 rings (SSSR count). The first-order valence-electron chi connectivity index (χ1n) is 7.86. The van der Waals surface area contributed by atoms with Crippen LogP contribution in [0, 0.1) is 5.82 Å². The van der Waals surface area contributed by atoms with Gasteiger partial charge in [0.1, 0.15) is 5.82 Å². The lowest BCUT2D eigenvalue weighted by molar-refractivity contribution is 0.0218. The van der Waals surface area contributed by atoms with Gasteiger partial charge in [-0.15, -0.1) is 0 Å². The lowest BCUT2D eigenvalue weighted by Gasteiger charge is -2.47. The fourth-order valence-electron chi connectivity index (χ4n) is 3.51. The molecule has 24 heavy (non-hydrogen) atoms. The Kier molecular flexibility index (Phi) is 3.65. The highest BCUT2D eigenvalue weighted by Gasteiger charge is 2.43. The molecule has 8 heteroatoms. The minimum atomic E-state index is -0.962. The minimum Gasteiger partial charge on any atom is -0.465 e. The molecule has 1 saturated carbocycles. The van der Waals surface area contributed by atoms with E-state index < -0.39 is 17.4 Å².